The quantitative estimate of drug-likeness (QED) is 0.808. The lowest BCUT2D eigenvalue weighted by atomic mass is 9.83. The largest absolute Gasteiger partial charge is 0.476 e. The van der Waals surface area contributed by atoms with Gasteiger partial charge in [-0.05, 0) is 12.8 Å². The second-order valence-electron chi connectivity index (χ2n) is 4.06. The van der Waals surface area contributed by atoms with Gasteiger partial charge in [0, 0.05) is 5.38 Å². The molecule has 0 bridgehead atoms. The molecule has 0 saturated heterocycles. The van der Waals surface area contributed by atoms with Crippen molar-refractivity contribution in [1.29, 1.82) is 0 Å². The van der Waals surface area contributed by atoms with Gasteiger partial charge in [0.1, 0.15) is 5.01 Å². The Morgan fingerprint density at radius 2 is 2.13 bits per heavy atom. The maximum absolute atomic E-state index is 10.7. The van der Waals surface area contributed by atoms with E-state index in [1.54, 1.807) is 5.38 Å². The van der Waals surface area contributed by atoms with Crippen molar-refractivity contribution in [3.63, 3.8) is 0 Å². The molecule has 1 aromatic rings. The van der Waals surface area contributed by atoms with Crippen molar-refractivity contribution in [3.8, 4) is 0 Å². The number of rotatable bonds is 2. The molecule has 82 valence electrons. The standard InChI is InChI=1S/C10H14N2O2S/c11-10(4-2-1-3-5-10)9-12-7(6-15-9)8(13)14/h6H,1-5,11H2,(H,13,14). The van der Waals surface area contributed by atoms with Gasteiger partial charge in [-0.25, -0.2) is 9.78 Å². The Morgan fingerprint density at radius 3 is 2.67 bits per heavy atom. The van der Waals surface area contributed by atoms with Gasteiger partial charge in [0.15, 0.2) is 5.69 Å². The first-order chi connectivity index (χ1) is 7.12. The molecule has 1 fully saturated rings. The highest BCUT2D eigenvalue weighted by Crippen LogP contribution is 2.36. The van der Waals surface area contributed by atoms with Gasteiger partial charge in [0.2, 0.25) is 0 Å². The Morgan fingerprint density at radius 1 is 1.47 bits per heavy atom. The van der Waals surface area contributed by atoms with E-state index in [0.717, 1.165) is 30.7 Å². The number of aromatic nitrogens is 1. The van der Waals surface area contributed by atoms with E-state index in [1.807, 2.05) is 0 Å². The summed E-state index contributed by atoms with van der Waals surface area (Å²) in [6, 6.07) is 0. The van der Waals surface area contributed by atoms with E-state index in [2.05, 4.69) is 4.98 Å². The van der Waals surface area contributed by atoms with Gasteiger partial charge >= 0.3 is 5.97 Å². The summed E-state index contributed by atoms with van der Waals surface area (Å²) in [6.45, 7) is 0. The lowest BCUT2D eigenvalue weighted by Crippen LogP contribution is -2.38. The Kier molecular flexibility index (Phi) is 2.75. The number of carboxylic acid groups (broad SMARTS) is 1. The Labute approximate surface area is 92.1 Å². The number of hydrogen-bond donors (Lipinski definition) is 2. The second-order valence-corrected chi connectivity index (χ2v) is 4.92. The van der Waals surface area contributed by atoms with Crippen LogP contribution in [-0.4, -0.2) is 16.1 Å². The van der Waals surface area contributed by atoms with E-state index in [0.29, 0.717) is 0 Å². The topological polar surface area (TPSA) is 76.2 Å². The molecule has 1 aliphatic rings. The monoisotopic (exact) mass is 226 g/mol. The highest BCUT2D eigenvalue weighted by molar-refractivity contribution is 7.10. The van der Waals surface area contributed by atoms with Crippen LogP contribution in [-0.2, 0) is 5.54 Å². The molecule has 3 N–H and O–H groups in total. The number of nitrogens with two attached hydrogens (primary N) is 1. The lowest BCUT2D eigenvalue weighted by molar-refractivity contribution is 0.0691. The molecule has 0 atom stereocenters. The molecule has 0 radical (unpaired) electrons. The molecular formula is C10H14N2O2S. The Balaban J connectivity index is 2.23. The van der Waals surface area contributed by atoms with Crippen LogP contribution in [0.1, 0.15) is 47.6 Å². The summed E-state index contributed by atoms with van der Waals surface area (Å²) in [4.78, 5) is 14.8. The SMILES string of the molecule is NC1(c2nc(C(=O)O)cs2)CCCCC1. The molecule has 0 aliphatic heterocycles. The zero-order valence-corrected chi connectivity index (χ0v) is 9.22. The second kappa shape index (κ2) is 3.90. The van der Waals surface area contributed by atoms with E-state index in [9.17, 15) is 4.79 Å². The summed E-state index contributed by atoms with van der Waals surface area (Å²) in [7, 11) is 0. The molecule has 1 saturated carbocycles. The summed E-state index contributed by atoms with van der Waals surface area (Å²) >= 11 is 1.37. The molecular weight excluding hydrogens is 212 g/mol. The van der Waals surface area contributed by atoms with E-state index in [-0.39, 0.29) is 11.2 Å². The maximum atomic E-state index is 10.7. The van der Waals surface area contributed by atoms with Crippen LogP contribution in [0.2, 0.25) is 0 Å². The average Bonchev–Trinajstić information content (AvgIpc) is 2.68. The van der Waals surface area contributed by atoms with E-state index >= 15 is 0 Å². The third-order valence-corrected chi connectivity index (χ3v) is 3.96. The van der Waals surface area contributed by atoms with Crippen molar-refractivity contribution in [1.82, 2.24) is 4.98 Å². The first kappa shape index (κ1) is 10.6. The van der Waals surface area contributed by atoms with Crippen molar-refractivity contribution in [2.75, 3.05) is 0 Å². The Bertz CT molecular complexity index is 369. The Hall–Kier alpha value is -0.940. The highest BCUT2D eigenvalue weighted by Gasteiger charge is 2.32. The summed E-state index contributed by atoms with van der Waals surface area (Å²) in [6.07, 6.45) is 5.27. The van der Waals surface area contributed by atoms with Crippen molar-refractivity contribution in [2.45, 2.75) is 37.6 Å². The predicted octanol–water partition coefficient (Wildman–Crippen LogP) is 1.96. The smallest absolute Gasteiger partial charge is 0.355 e. The van der Waals surface area contributed by atoms with Crippen LogP contribution >= 0.6 is 11.3 Å². The molecule has 4 nitrogen and oxygen atoms in total. The summed E-state index contributed by atoms with van der Waals surface area (Å²) < 4.78 is 0. The minimum absolute atomic E-state index is 0.116. The first-order valence-electron chi connectivity index (χ1n) is 5.10. The number of aromatic carboxylic acids is 1. The third kappa shape index (κ3) is 2.03. The molecule has 1 aliphatic carbocycles. The van der Waals surface area contributed by atoms with Gasteiger partial charge in [-0.1, -0.05) is 19.3 Å². The van der Waals surface area contributed by atoms with E-state index < -0.39 is 5.97 Å². The van der Waals surface area contributed by atoms with Gasteiger partial charge in [-0.2, -0.15) is 0 Å². The molecule has 1 heterocycles. The number of carboxylic acids is 1. The molecule has 1 aromatic heterocycles. The zero-order valence-electron chi connectivity index (χ0n) is 8.40. The van der Waals surface area contributed by atoms with Crippen LogP contribution < -0.4 is 5.73 Å². The average molecular weight is 226 g/mol. The first-order valence-corrected chi connectivity index (χ1v) is 5.98. The van der Waals surface area contributed by atoms with Gasteiger partial charge < -0.3 is 10.8 Å². The van der Waals surface area contributed by atoms with Gasteiger partial charge in [-0.15, -0.1) is 11.3 Å². The van der Waals surface area contributed by atoms with Crippen LogP contribution in [0.4, 0.5) is 0 Å². The van der Waals surface area contributed by atoms with Crippen LogP contribution in [0.25, 0.3) is 0 Å². The zero-order chi connectivity index (χ0) is 10.9. The van der Waals surface area contributed by atoms with Crippen LogP contribution in [0.15, 0.2) is 5.38 Å². The molecule has 0 unspecified atom stereocenters. The predicted molar refractivity (Wildman–Crippen MR) is 58.0 cm³/mol. The van der Waals surface area contributed by atoms with Crippen molar-refractivity contribution in [2.24, 2.45) is 5.73 Å². The van der Waals surface area contributed by atoms with Crippen LogP contribution in [0.3, 0.4) is 0 Å². The molecule has 0 spiro atoms. The molecule has 2 rings (SSSR count). The van der Waals surface area contributed by atoms with Crippen LogP contribution in [0.5, 0.6) is 0 Å². The summed E-state index contributed by atoms with van der Waals surface area (Å²) in [5.74, 6) is -0.975. The van der Waals surface area contributed by atoms with Gasteiger partial charge in [-0.3, -0.25) is 0 Å². The fourth-order valence-corrected chi connectivity index (χ4v) is 2.96. The number of nitrogens with zero attached hydrogens (tertiary/aromatic N) is 1. The van der Waals surface area contributed by atoms with Crippen molar-refractivity contribution >= 4 is 17.3 Å². The molecule has 5 heteroatoms. The molecule has 15 heavy (non-hydrogen) atoms. The minimum Gasteiger partial charge on any atom is -0.476 e. The third-order valence-electron chi connectivity index (χ3n) is 2.90. The number of thiazole rings is 1. The van der Waals surface area contributed by atoms with Crippen molar-refractivity contribution in [3.05, 3.63) is 16.1 Å². The highest BCUT2D eigenvalue weighted by atomic mass is 32.1. The normalized spacial score (nSPS) is 20.1. The molecule has 0 amide bonds. The maximum Gasteiger partial charge on any atom is 0.355 e. The van der Waals surface area contributed by atoms with Gasteiger partial charge in [0.25, 0.3) is 0 Å². The minimum atomic E-state index is -0.975. The fraction of sp³-hybridized carbons (Fsp3) is 0.600. The van der Waals surface area contributed by atoms with E-state index in [4.69, 9.17) is 10.8 Å². The van der Waals surface area contributed by atoms with E-state index in [1.165, 1.54) is 17.8 Å². The molecule has 0 aromatic carbocycles. The number of hydrogen-bond acceptors (Lipinski definition) is 4. The van der Waals surface area contributed by atoms with Crippen LogP contribution in [0, 0.1) is 0 Å². The van der Waals surface area contributed by atoms with Crippen molar-refractivity contribution < 1.29 is 9.90 Å². The van der Waals surface area contributed by atoms with Gasteiger partial charge in [0.05, 0.1) is 5.54 Å². The fourth-order valence-electron chi connectivity index (χ4n) is 2.00. The number of carbonyl (C=O) groups is 1. The lowest BCUT2D eigenvalue weighted by Gasteiger charge is -2.31. The summed E-state index contributed by atoms with van der Waals surface area (Å²) in [5, 5.41) is 11.1. The summed E-state index contributed by atoms with van der Waals surface area (Å²) in [5.41, 5.74) is 5.99.